The Kier molecular flexibility index (Phi) is 5.78. The van der Waals surface area contributed by atoms with Crippen molar-refractivity contribution in [3.8, 4) is 5.75 Å². The third-order valence-corrected chi connectivity index (χ3v) is 3.48. The van der Waals surface area contributed by atoms with Crippen molar-refractivity contribution in [2.24, 2.45) is 0 Å². The molecule has 1 atom stereocenters. The Balaban J connectivity index is 1.83. The predicted molar refractivity (Wildman–Crippen MR) is 90.0 cm³/mol. The van der Waals surface area contributed by atoms with Crippen molar-refractivity contribution in [1.82, 2.24) is 10.9 Å². The molecule has 2 rings (SSSR count). The number of hydrazine groups is 1. The van der Waals surface area contributed by atoms with Gasteiger partial charge in [0.2, 0.25) is 0 Å². The molecule has 0 aliphatic rings. The molecule has 6 heteroatoms. The van der Waals surface area contributed by atoms with Gasteiger partial charge in [0.25, 0.3) is 11.8 Å². The number of carbonyl (C=O) groups is 2. The fourth-order valence-corrected chi connectivity index (χ4v) is 1.91. The van der Waals surface area contributed by atoms with E-state index in [1.54, 1.807) is 25.1 Å². The molecule has 0 spiro atoms. The number of furan rings is 1. The van der Waals surface area contributed by atoms with Gasteiger partial charge in [0.15, 0.2) is 6.10 Å². The predicted octanol–water partition coefficient (Wildman–Crippen LogP) is 2.52. The van der Waals surface area contributed by atoms with E-state index in [4.69, 9.17) is 9.15 Å². The summed E-state index contributed by atoms with van der Waals surface area (Å²) in [6, 6.07) is 9.06. The molecule has 0 saturated carbocycles. The van der Waals surface area contributed by atoms with Crippen LogP contribution in [0.25, 0.3) is 6.08 Å². The minimum atomic E-state index is -0.750. The average molecular weight is 328 g/mol. The molecular weight excluding hydrogens is 308 g/mol. The third kappa shape index (κ3) is 4.74. The van der Waals surface area contributed by atoms with Crippen molar-refractivity contribution < 1.29 is 18.7 Å². The summed E-state index contributed by atoms with van der Waals surface area (Å²) in [7, 11) is 0. The zero-order chi connectivity index (χ0) is 17.5. The molecule has 2 N–H and O–H groups in total. The number of ether oxygens (including phenoxy) is 1. The van der Waals surface area contributed by atoms with Crippen LogP contribution in [0.4, 0.5) is 0 Å². The van der Waals surface area contributed by atoms with Crippen LogP contribution < -0.4 is 15.6 Å². The Bertz CT molecular complexity index is 735. The Labute approximate surface area is 140 Å². The first-order valence-corrected chi connectivity index (χ1v) is 7.51. The summed E-state index contributed by atoms with van der Waals surface area (Å²) in [5.74, 6) is 0.263. The lowest BCUT2D eigenvalue weighted by molar-refractivity contribution is -0.131. The van der Waals surface area contributed by atoms with Crippen LogP contribution in [0.15, 0.2) is 47.1 Å². The number of carbonyl (C=O) groups excluding carboxylic acids is 2. The van der Waals surface area contributed by atoms with Crippen molar-refractivity contribution in [2.45, 2.75) is 26.9 Å². The number of nitrogens with one attached hydrogen (secondary N) is 2. The van der Waals surface area contributed by atoms with Gasteiger partial charge < -0.3 is 9.15 Å². The van der Waals surface area contributed by atoms with Crippen LogP contribution in [0.1, 0.15) is 23.8 Å². The summed E-state index contributed by atoms with van der Waals surface area (Å²) in [6.45, 7) is 5.51. The van der Waals surface area contributed by atoms with Crippen LogP contribution in [0.5, 0.6) is 5.75 Å². The minimum absolute atomic E-state index is 0.448. The van der Waals surface area contributed by atoms with E-state index in [0.717, 1.165) is 11.1 Å². The summed E-state index contributed by atoms with van der Waals surface area (Å²) < 4.78 is 10.7. The van der Waals surface area contributed by atoms with E-state index >= 15 is 0 Å². The van der Waals surface area contributed by atoms with Gasteiger partial charge >= 0.3 is 0 Å². The van der Waals surface area contributed by atoms with Crippen LogP contribution in [0, 0.1) is 13.8 Å². The van der Waals surface area contributed by atoms with Crippen molar-refractivity contribution in [1.29, 1.82) is 0 Å². The molecule has 0 fully saturated rings. The lowest BCUT2D eigenvalue weighted by atomic mass is 10.1. The number of hydrogen-bond donors (Lipinski definition) is 2. The van der Waals surface area contributed by atoms with E-state index < -0.39 is 17.9 Å². The van der Waals surface area contributed by atoms with Crippen molar-refractivity contribution in [2.75, 3.05) is 0 Å². The maximum Gasteiger partial charge on any atom is 0.279 e. The first-order valence-electron chi connectivity index (χ1n) is 7.51. The topological polar surface area (TPSA) is 80.6 Å². The molecule has 2 amide bonds. The molecule has 0 radical (unpaired) electrons. The van der Waals surface area contributed by atoms with Gasteiger partial charge in [-0.25, -0.2) is 0 Å². The largest absolute Gasteiger partial charge is 0.481 e. The van der Waals surface area contributed by atoms with E-state index in [0.29, 0.717) is 11.5 Å². The van der Waals surface area contributed by atoms with E-state index in [2.05, 4.69) is 10.9 Å². The number of amides is 2. The number of aryl methyl sites for hydroxylation is 1. The zero-order valence-electron chi connectivity index (χ0n) is 13.8. The van der Waals surface area contributed by atoms with Gasteiger partial charge in [0.1, 0.15) is 11.5 Å². The number of benzene rings is 1. The highest BCUT2D eigenvalue weighted by atomic mass is 16.5. The van der Waals surface area contributed by atoms with Crippen LogP contribution in [0.2, 0.25) is 0 Å². The summed E-state index contributed by atoms with van der Waals surface area (Å²) >= 11 is 0. The molecule has 0 saturated heterocycles. The Morgan fingerprint density at radius 1 is 1.17 bits per heavy atom. The summed E-state index contributed by atoms with van der Waals surface area (Å²) in [5.41, 5.74) is 6.67. The van der Waals surface area contributed by atoms with Crippen LogP contribution >= 0.6 is 0 Å². The standard InChI is InChI=1S/C18H20N2O4/c1-12-6-4-8-16(13(12)2)24-14(3)18(22)20-19-17(21)10-9-15-7-5-11-23-15/h4-11,14H,1-3H3,(H,19,21)(H,20,22)/b10-9+. The highest BCUT2D eigenvalue weighted by molar-refractivity contribution is 5.93. The maximum absolute atomic E-state index is 12.0. The van der Waals surface area contributed by atoms with Gasteiger partial charge in [0.05, 0.1) is 6.26 Å². The van der Waals surface area contributed by atoms with Gasteiger partial charge in [-0.15, -0.1) is 0 Å². The Hall–Kier alpha value is -3.02. The molecule has 0 aliphatic carbocycles. The molecule has 1 unspecified atom stereocenters. The maximum atomic E-state index is 12.0. The smallest absolute Gasteiger partial charge is 0.279 e. The lowest BCUT2D eigenvalue weighted by Gasteiger charge is -2.17. The highest BCUT2D eigenvalue weighted by Gasteiger charge is 2.16. The minimum Gasteiger partial charge on any atom is -0.481 e. The molecule has 0 bridgehead atoms. The Morgan fingerprint density at radius 3 is 2.67 bits per heavy atom. The first kappa shape index (κ1) is 17.3. The van der Waals surface area contributed by atoms with Crippen molar-refractivity contribution in [3.63, 3.8) is 0 Å². The monoisotopic (exact) mass is 328 g/mol. The van der Waals surface area contributed by atoms with Crippen LogP contribution in [0.3, 0.4) is 0 Å². The highest BCUT2D eigenvalue weighted by Crippen LogP contribution is 2.21. The second kappa shape index (κ2) is 8.01. The molecule has 1 aromatic heterocycles. The fraction of sp³-hybridized carbons (Fsp3) is 0.222. The van der Waals surface area contributed by atoms with Crippen molar-refractivity contribution in [3.05, 3.63) is 59.6 Å². The van der Waals surface area contributed by atoms with E-state index in [9.17, 15) is 9.59 Å². The van der Waals surface area contributed by atoms with Gasteiger partial charge in [-0.2, -0.15) is 0 Å². The summed E-state index contributed by atoms with van der Waals surface area (Å²) in [4.78, 5) is 23.6. The molecule has 0 aliphatic heterocycles. The van der Waals surface area contributed by atoms with Gasteiger partial charge in [-0.3, -0.25) is 20.4 Å². The average Bonchev–Trinajstić information content (AvgIpc) is 3.08. The second-order valence-corrected chi connectivity index (χ2v) is 5.29. The summed E-state index contributed by atoms with van der Waals surface area (Å²) in [6.07, 6.45) is 3.51. The molecule has 24 heavy (non-hydrogen) atoms. The number of hydrogen-bond acceptors (Lipinski definition) is 4. The first-order chi connectivity index (χ1) is 11.5. The van der Waals surface area contributed by atoms with E-state index in [1.165, 1.54) is 18.4 Å². The molecular formula is C18H20N2O4. The van der Waals surface area contributed by atoms with Gasteiger partial charge in [0, 0.05) is 6.08 Å². The van der Waals surface area contributed by atoms with E-state index in [-0.39, 0.29) is 0 Å². The normalized spacial score (nSPS) is 12.0. The third-order valence-electron chi connectivity index (χ3n) is 3.48. The second-order valence-electron chi connectivity index (χ2n) is 5.29. The summed E-state index contributed by atoms with van der Waals surface area (Å²) in [5, 5.41) is 0. The molecule has 1 aromatic carbocycles. The zero-order valence-corrected chi connectivity index (χ0v) is 13.8. The van der Waals surface area contributed by atoms with E-state index in [1.807, 2.05) is 26.0 Å². The molecule has 1 heterocycles. The fourth-order valence-electron chi connectivity index (χ4n) is 1.91. The van der Waals surface area contributed by atoms with Crippen molar-refractivity contribution >= 4 is 17.9 Å². The molecule has 126 valence electrons. The van der Waals surface area contributed by atoms with Gasteiger partial charge in [-0.05, 0) is 56.2 Å². The molecule has 2 aromatic rings. The van der Waals surface area contributed by atoms with Crippen LogP contribution in [-0.4, -0.2) is 17.9 Å². The number of rotatable bonds is 5. The van der Waals surface area contributed by atoms with Gasteiger partial charge in [-0.1, -0.05) is 12.1 Å². The quantitative estimate of drug-likeness (QED) is 0.653. The Morgan fingerprint density at radius 2 is 1.96 bits per heavy atom. The lowest BCUT2D eigenvalue weighted by Crippen LogP contribution is -2.46. The SMILES string of the molecule is Cc1cccc(OC(C)C(=O)NNC(=O)/C=C/c2ccco2)c1C. The van der Waals surface area contributed by atoms with Crippen LogP contribution in [-0.2, 0) is 9.59 Å². The molecule has 6 nitrogen and oxygen atoms in total.